The van der Waals surface area contributed by atoms with E-state index in [1.807, 2.05) is 38.1 Å². The number of phenolic OH excluding ortho intramolecular Hbond substituents is 1. The molecule has 320 valence electrons. The molecule has 0 aliphatic carbocycles. The van der Waals surface area contributed by atoms with Crippen molar-refractivity contribution in [1.82, 2.24) is 15.0 Å². The number of rotatable bonds is 11. The molecule has 7 rings (SSSR count). The minimum atomic E-state index is -4.95. The maximum Gasteiger partial charge on any atom is 1.00 e. The second-order valence-electron chi connectivity index (χ2n) is 13.6. The Bertz CT molecular complexity index is 3110. The Morgan fingerprint density at radius 1 is 0.734 bits per heavy atom. The maximum absolute atomic E-state index is 12.0. The van der Waals surface area contributed by atoms with Crippen molar-refractivity contribution < 1.29 is 62.6 Å². The van der Waals surface area contributed by atoms with Crippen LogP contribution in [-0.2, 0) is 10.1 Å². The van der Waals surface area contributed by atoms with Gasteiger partial charge in [-0.3, -0.25) is 4.98 Å². The number of azo groups is 3. The number of aromatic amines is 1. The number of hydrogen-bond acceptors (Lipinski definition) is 18. The van der Waals surface area contributed by atoms with Gasteiger partial charge in [0.1, 0.15) is 32.8 Å². The van der Waals surface area contributed by atoms with Crippen molar-refractivity contribution in [3.05, 3.63) is 136 Å². The number of hydrogen-bond donors (Lipinski definition) is 7. The fraction of sp³-hybridized carbons (Fsp3) is 0.0952. The van der Waals surface area contributed by atoms with Gasteiger partial charge < -0.3 is 36.2 Å². The van der Waals surface area contributed by atoms with Gasteiger partial charge in [0.2, 0.25) is 11.9 Å². The Balaban J connectivity index is 0.000000243. The van der Waals surface area contributed by atoms with Crippen molar-refractivity contribution >= 4 is 84.3 Å². The van der Waals surface area contributed by atoms with Crippen LogP contribution in [0, 0.1) is 20.8 Å². The van der Waals surface area contributed by atoms with Crippen molar-refractivity contribution in [3.63, 3.8) is 0 Å². The summed E-state index contributed by atoms with van der Waals surface area (Å²) in [4.78, 5) is 32.0. The van der Waals surface area contributed by atoms with Gasteiger partial charge in [0.05, 0.1) is 38.7 Å². The molecular weight excluding hydrogens is 856 g/mol. The van der Waals surface area contributed by atoms with Crippen LogP contribution in [-0.4, -0.2) is 56.3 Å². The van der Waals surface area contributed by atoms with Gasteiger partial charge in [-0.15, -0.1) is 10.2 Å². The van der Waals surface area contributed by atoms with Crippen molar-refractivity contribution in [2.75, 3.05) is 23.4 Å². The number of fused-ring (bicyclic) bond motifs is 1. The van der Waals surface area contributed by atoms with E-state index in [-0.39, 0.29) is 92.0 Å². The average molecular weight is 893 g/mol. The Hall–Kier alpha value is -7.43. The fourth-order valence-corrected chi connectivity index (χ4v) is 6.37. The molecule has 1 aromatic heterocycles. The largest absolute Gasteiger partial charge is 1.00 e. The van der Waals surface area contributed by atoms with Gasteiger partial charge in [0, 0.05) is 12.7 Å². The van der Waals surface area contributed by atoms with Gasteiger partial charge in [-0.1, -0.05) is 35.4 Å². The molecule has 20 nitrogen and oxygen atoms in total. The SMILES string of the molecule is CNc1nc(Nc2ccc(N=Nc3ccc(O)c(C(=O)O)c3)cc2)[nH]c(=O)n1.Cc1ccc(N=Nc2c(S(=O)(=O)[O-])cc3cc(C)c(N=Nc4ccc(C)cc4)c(O)c3c2N)cc1.[Na+]. The zero-order chi connectivity index (χ0) is 45.4. The third-order valence-corrected chi connectivity index (χ3v) is 9.75. The molecule has 64 heavy (non-hydrogen) atoms. The molecule has 0 fully saturated rings. The molecule has 0 atom stereocenters. The van der Waals surface area contributed by atoms with E-state index in [1.54, 1.807) is 68.6 Å². The number of aromatic carboxylic acids is 1. The first-order chi connectivity index (χ1) is 30.0. The smallest absolute Gasteiger partial charge is 0.744 e. The molecule has 0 saturated heterocycles. The van der Waals surface area contributed by atoms with E-state index in [4.69, 9.17) is 10.8 Å². The van der Waals surface area contributed by atoms with Crippen LogP contribution < -0.4 is 51.6 Å². The average Bonchev–Trinajstić information content (AvgIpc) is 3.24. The second-order valence-corrected chi connectivity index (χ2v) is 15.0. The molecular formula is C42H37N12NaO8S. The number of anilines is 4. The van der Waals surface area contributed by atoms with Crippen LogP contribution >= 0.6 is 0 Å². The minimum Gasteiger partial charge on any atom is -0.744 e. The molecule has 7 aromatic rings. The Morgan fingerprint density at radius 2 is 1.25 bits per heavy atom. The minimum absolute atomic E-state index is 0. The van der Waals surface area contributed by atoms with E-state index in [2.05, 4.69) is 56.3 Å². The van der Waals surface area contributed by atoms with Crippen molar-refractivity contribution in [2.24, 2.45) is 30.7 Å². The predicted molar refractivity (Wildman–Crippen MR) is 235 cm³/mol. The summed E-state index contributed by atoms with van der Waals surface area (Å²) in [7, 11) is -3.35. The van der Waals surface area contributed by atoms with Crippen molar-refractivity contribution in [3.8, 4) is 11.5 Å². The van der Waals surface area contributed by atoms with Gasteiger partial charge in [0.15, 0.2) is 5.75 Å². The van der Waals surface area contributed by atoms with Crippen molar-refractivity contribution in [1.29, 1.82) is 0 Å². The van der Waals surface area contributed by atoms with Crippen LogP contribution in [0.25, 0.3) is 10.8 Å². The summed E-state index contributed by atoms with van der Waals surface area (Å²) in [5, 5.41) is 59.8. The molecule has 0 aliphatic rings. The standard InChI is InChI=1S/C25H23N5O4S.C17H15N7O4.Na/c1-14-4-8-18(9-5-14)27-29-23-16(3)12-17-13-20(35(32,33)34)24(22(26)21(17)25(23)31)30-28-19-10-6-15(2)7-11-19;1-18-15-20-16(22-17(28)21-15)19-9-2-4-10(5-3-9)23-24-11-6-7-13(25)12(8-11)14(26)27;/h4-13,31H,26H2,1-3H3,(H,32,33,34);2-8,25H,1H3,(H,26,27)(H3,18,19,20,21,22,28);/q;;+1/p-1. The van der Waals surface area contributed by atoms with Crippen LogP contribution in [0.5, 0.6) is 11.5 Å². The first-order valence-corrected chi connectivity index (χ1v) is 19.9. The molecule has 0 bridgehead atoms. The van der Waals surface area contributed by atoms with Gasteiger partial charge in [0.25, 0.3) is 0 Å². The van der Waals surface area contributed by atoms with Crippen molar-refractivity contribution in [2.45, 2.75) is 25.7 Å². The topological polar surface area (TPSA) is 318 Å². The molecule has 0 unspecified atom stereocenters. The van der Waals surface area contributed by atoms with Gasteiger partial charge in [-0.05, 0) is 111 Å². The molecule has 0 aliphatic heterocycles. The van der Waals surface area contributed by atoms with Gasteiger partial charge >= 0.3 is 41.2 Å². The number of nitrogen functional groups attached to an aromatic ring is 1. The number of nitrogens with zero attached hydrogens (tertiary/aromatic N) is 8. The molecule has 6 aromatic carbocycles. The van der Waals surface area contributed by atoms with E-state index in [1.165, 1.54) is 18.2 Å². The van der Waals surface area contributed by atoms with Gasteiger partial charge in [-0.25, -0.2) is 18.0 Å². The first kappa shape index (κ1) is 47.6. The number of carbonyl (C=O) groups is 1. The van der Waals surface area contributed by atoms with Crippen LogP contribution in [0.4, 0.5) is 57.4 Å². The third-order valence-electron chi connectivity index (χ3n) is 8.90. The third kappa shape index (κ3) is 11.9. The second kappa shape index (κ2) is 20.6. The number of nitrogens with two attached hydrogens (primary N) is 1. The molecule has 0 radical (unpaired) electrons. The Kier molecular flexibility index (Phi) is 15.3. The fourth-order valence-electron chi connectivity index (χ4n) is 5.71. The number of aromatic hydroxyl groups is 2. The number of aryl methyl sites for hydroxylation is 3. The normalized spacial score (nSPS) is 11.4. The summed E-state index contributed by atoms with van der Waals surface area (Å²) in [5.41, 5.74) is 10.1. The summed E-state index contributed by atoms with van der Waals surface area (Å²) in [5.74, 6) is -1.49. The Morgan fingerprint density at radius 3 is 1.80 bits per heavy atom. The van der Waals surface area contributed by atoms with E-state index in [0.717, 1.165) is 17.2 Å². The zero-order valence-electron chi connectivity index (χ0n) is 34.8. The summed E-state index contributed by atoms with van der Waals surface area (Å²) in [6.07, 6.45) is 0. The molecule has 0 saturated carbocycles. The number of H-pyrrole nitrogens is 1. The molecule has 8 N–H and O–H groups in total. The van der Waals surface area contributed by atoms with E-state index < -0.39 is 26.7 Å². The predicted octanol–water partition coefficient (Wildman–Crippen LogP) is 6.56. The van der Waals surface area contributed by atoms with Crippen LogP contribution in [0.2, 0.25) is 0 Å². The number of benzene rings is 6. The molecule has 0 amide bonds. The zero-order valence-corrected chi connectivity index (χ0v) is 37.6. The van der Waals surface area contributed by atoms with Gasteiger partial charge in [-0.2, -0.15) is 30.4 Å². The quantitative estimate of drug-likeness (QED) is 0.0313. The maximum atomic E-state index is 12.0. The molecule has 0 spiro atoms. The number of carboxylic acid groups (broad SMARTS) is 1. The summed E-state index contributed by atoms with van der Waals surface area (Å²) in [6.45, 7) is 5.53. The van der Waals surface area contributed by atoms with E-state index in [0.29, 0.717) is 28.3 Å². The first-order valence-electron chi connectivity index (χ1n) is 18.5. The molecule has 22 heteroatoms. The van der Waals surface area contributed by atoms with Crippen LogP contribution in [0.1, 0.15) is 27.0 Å². The number of phenols is 2. The summed E-state index contributed by atoms with van der Waals surface area (Å²) < 4.78 is 36.1. The van der Waals surface area contributed by atoms with Crippen LogP contribution in [0.3, 0.4) is 0 Å². The van der Waals surface area contributed by atoms with E-state index in [9.17, 15) is 32.8 Å². The number of carboxylic acids is 1. The number of nitrogens with one attached hydrogen (secondary N) is 3. The van der Waals surface area contributed by atoms with Crippen LogP contribution in [0.15, 0.2) is 144 Å². The van der Waals surface area contributed by atoms with E-state index >= 15 is 0 Å². The molecule has 1 heterocycles. The monoisotopic (exact) mass is 892 g/mol. The summed E-state index contributed by atoms with van der Waals surface area (Å²) >= 11 is 0. The Labute approximate surface area is 386 Å². The summed E-state index contributed by atoms with van der Waals surface area (Å²) in [6, 6.07) is 27.7. The number of aromatic nitrogens is 3.